The van der Waals surface area contributed by atoms with Crippen molar-refractivity contribution in [2.75, 3.05) is 5.33 Å². The van der Waals surface area contributed by atoms with Crippen molar-refractivity contribution in [1.82, 2.24) is 4.98 Å². The second-order valence-corrected chi connectivity index (χ2v) is 7.11. The van der Waals surface area contributed by atoms with E-state index in [0.717, 1.165) is 27.0 Å². The van der Waals surface area contributed by atoms with Crippen molar-refractivity contribution in [3.63, 3.8) is 0 Å². The van der Waals surface area contributed by atoms with Crippen molar-refractivity contribution in [2.24, 2.45) is 0 Å². The van der Waals surface area contributed by atoms with E-state index in [1.165, 1.54) is 0 Å². The highest BCUT2D eigenvalue weighted by molar-refractivity contribution is 9.10. The lowest BCUT2D eigenvalue weighted by Crippen LogP contribution is -2.02. The van der Waals surface area contributed by atoms with Gasteiger partial charge in [-0.1, -0.05) is 67.7 Å². The van der Waals surface area contributed by atoms with E-state index in [1.807, 2.05) is 60.7 Å². The van der Waals surface area contributed by atoms with Crippen molar-refractivity contribution in [3.05, 3.63) is 75.7 Å². The quantitative estimate of drug-likeness (QED) is 0.329. The van der Waals surface area contributed by atoms with Crippen LogP contribution in [0.5, 0.6) is 0 Å². The lowest BCUT2D eigenvalue weighted by atomic mass is 10.0. The summed E-state index contributed by atoms with van der Waals surface area (Å²) in [6.07, 6.45) is 0. The molecule has 1 aromatic heterocycles. The minimum atomic E-state index is 0.0194. The van der Waals surface area contributed by atoms with Crippen molar-refractivity contribution in [3.8, 4) is 22.5 Å². The number of carbonyl (C=O) groups is 1. The molecule has 0 radical (unpaired) electrons. The van der Waals surface area contributed by atoms with Crippen LogP contribution in [0.25, 0.3) is 22.5 Å². The maximum atomic E-state index is 12.2. The van der Waals surface area contributed by atoms with E-state index in [4.69, 9.17) is 16.6 Å². The van der Waals surface area contributed by atoms with Gasteiger partial charge in [-0.2, -0.15) is 0 Å². The molecule has 0 fully saturated rings. The first kappa shape index (κ1) is 17.3. The Bertz CT molecular complexity index is 813. The number of alkyl halides is 1. The van der Waals surface area contributed by atoms with E-state index in [0.29, 0.717) is 10.6 Å². The maximum absolute atomic E-state index is 12.2. The lowest BCUT2D eigenvalue weighted by Gasteiger charge is -2.09. The summed E-state index contributed by atoms with van der Waals surface area (Å²) < 4.78 is 0.997. The second kappa shape index (κ2) is 7.60. The van der Waals surface area contributed by atoms with Gasteiger partial charge in [0, 0.05) is 26.2 Å². The zero-order chi connectivity index (χ0) is 17.1. The number of halogens is 3. The molecular weight excluding hydrogens is 453 g/mol. The number of rotatable bonds is 4. The Morgan fingerprint density at radius 2 is 1.42 bits per heavy atom. The maximum Gasteiger partial charge on any atom is 0.173 e. The summed E-state index contributed by atoms with van der Waals surface area (Å²) in [5.41, 5.74) is 4.01. The Labute approximate surface area is 162 Å². The summed E-state index contributed by atoms with van der Waals surface area (Å²) in [7, 11) is 0. The van der Waals surface area contributed by atoms with Crippen LogP contribution in [0.3, 0.4) is 0 Å². The van der Waals surface area contributed by atoms with Crippen molar-refractivity contribution >= 4 is 49.2 Å². The molecule has 1 heterocycles. The Hall–Kier alpha value is -1.49. The first-order valence-corrected chi connectivity index (χ1v) is 9.49. The van der Waals surface area contributed by atoms with Gasteiger partial charge in [0.1, 0.15) is 0 Å². The number of pyridine rings is 1. The number of carbonyl (C=O) groups excluding carboxylic acids is 1. The van der Waals surface area contributed by atoms with Crippen LogP contribution in [0.15, 0.2) is 65.1 Å². The molecule has 24 heavy (non-hydrogen) atoms. The Balaban J connectivity index is 2.14. The second-order valence-electron chi connectivity index (χ2n) is 5.20. The molecule has 2 nitrogen and oxygen atoms in total. The predicted molar refractivity (Wildman–Crippen MR) is 106 cm³/mol. The van der Waals surface area contributed by atoms with E-state index in [-0.39, 0.29) is 11.1 Å². The smallest absolute Gasteiger partial charge is 0.173 e. The summed E-state index contributed by atoms with van der Waals surface area (Å²) in [5.74, 6) is 0.0194. The van der Waals surface area contributed by atoms with Crippen LogP contribution in [0.2, 0.25) is 5.02 Å². The van der Waals surface area contributed by atoms with Crippen LogP contribution in [0.1, 0.15) is 10.4 Å². The van der Waals surface area contributed by atoms with Gasteiger partial charge in [0.05, 0.1) is 16.7 Å². The number of hydrogen-bond acceptors (Lipinski definition) is 2. The number of ketones is 1. The molecule has 3 rings (SSSR count). The zero-order valence-corrected chi connectivity index (χ0v) is 16.4. The van der Waals surface area contributed by atoms with E-state index < -0.39 is 0 Å². The Morgan fingerprint density at radius 1 is 0.917 bits per heavy atom. The van der Waals surface area contributed by atoms with Gasteiger partial charge in [-0.25, -0.2) is 4.98 Å². The first-order chi connectivity index (χ1) is 11.6. The average Bonchev–Trinajstić information content (AvgIpc) is 2.62. The molecule has 0 amide bonds. The third-order valence-electron chi connectivity index (χ3n) is 3.55. The van der Waals surface area contributed by atoms with E-state index in [1.54, 1.807) is 0 Å². The highest BCUT2D eigenvalue weighted by atomic mass is 79.9. The highest BCUT2D eigenvalue weighted by Crippen LogP contribution is 2.27. The normalized spacial score (nSPS) is 10.6. The predicted octanol–water partition coefficient (Wildman–Crippen LogP) is 6.41. The van der Waals surface area contributed by atoms with Crippen LogP contribution < -0.4 is 0 Å². The standard InChI is InChI=1S/C19H12Br2ClNO/c20-11-19(24)14-9-17(12-1-5-15(21)6-2-12)23-18(10-14)13-3-7-16(22)8-4-13/h1-10H,11H2. The van der Waals surface area contributed by atoms with Crippen LogP contribution >= 0.6 is 43.5 Å². The number of Topliss-reactive ketones (excluding diaryl/α,β-unsaturated/α-hetero) is 1. The van der Waals surface area contributed by atoms with Crippen LogP contribution in [0.4, 0.5) is 0 Å². The molecule has 0 unspecified atom stereocenters. The number of benzene rings is 2. The first-order valence-electron chi connectivity index (χ1n) is 7.20. The average molecular weight is 466 g/mol. The SMILES string of the molecule is O=C(CBr)c1cc(-c2ccc(Cl)cc2)nc(-c2ccc(Br)cc2)c1. The van der Waals surface area contributed by atoms with E-state index >= 15 is 0 Å². The van der Waals surface area contributed by atoms with Crippen LogP contribution in [-0.2, 0) is 0 Å². The Morgan fingerprint density at radius 3 is 1.92 bits per heavy atom. The molecular formula is C19H12Br2ClNO. The lowest BCUT2D eigenvalue weighted by molar-refractivity contribution is 0.102. The fourth-order valence-corrected chi connectivity index (χ4v) is 3.02. The molecule has 2 aromatic carbocycles. The van der Waals surface area contributed by atoms with Gasteiger partial charge in [0.15, 0.2) is 5.78 Å². The van der Waals surface area contributed by atoms with Crippen molar-refractivity contribution < 1.29 is 4.79 Å². The monoisotopic (exact) mass is 463 g/mol. The van der Waals surface area contributed by atoms with E-state index in [2.05, 4.69) is 31.9 Å². The largest absolute Gasteiger partial charge is 0.293 e. The minimum Gasteiger partial charge on any atom is -0.293 e. The zero-order valence-electron chi connectivity index (χ0n) is 12.5. The van der Waals surface area contributed by atoms with Gasteiger partial charge in [-0.3, -0.25) is 4.79 Å². The fraction of sp³-hybridized carbons (Fsp3) is 0.0526. The molecule has 0 aliphatic heterocycles. The third kappa shape index (κ3) is 3.94. The molecule has 0 N–H and O–H groups in total. The van der Waals surface area contributed by atoms with Gasteiger partial charge in [0.2, 0.25) is 0 Å². The van der Waals surface area contributed by atoms with Crippen LogP contribution in [-0.4, -0.2) is 16.1 Å². The molecule has 5 heteroatoms. The Kier molecular flexibility index (Phi) is 5.49. The summed E-state index contributed by atoms with van der Waals surface area (Å²) in [6, 6.07) is 18.9. The molecule has 0 spiro atoms. The minimum absolute atomic E-state index is 0.0194. The van der Waals surface area contributed by atoms with Crippen molar-refractivity contribution in [1.29, 1.82) is 0 Å². The van der Waals surface area contributed by atoms with Gasteiger partial charge in [-0.15, -0.1) is 0 Å². The number of nitrogens with zero attached hydrogens (tertiary/aromatic N) is 1. The van der Waals surface area contributed by atoms with Gasteiger partial charge in [-0.05, 0) is 36.4 Å². The molecule has 120 valence electrons. The molecule has 0 aliphatic carbocycles. The molecule has 0 atom stereocenters. The molecule has 0 saturated carbocycles. The van der Waals surface area contributed by atoms with Crippen LogP contribution in [0, 0.1) is 0 Å². The van der Waals surface area contributed by atoms with Gasteiger partial charge in [0.25, 0.3) is 0 Å². The fourth-order valence-electron chi connectivity index (χ4n) is 2.31. The summed E-state index contributed by atoms with van der Waals surface area (Å²) >= 11 is 12.6. The van der Waals surface area contributed by atoms with E-state index in [9.17, 15) is 4.79 Å². The summed E-state index contributed by atoms with van der Waals surface area (Å²) in [6.45, 7) is 0. The molecule has 0 aliphatic rings. The van der Waals surface area contributed by atoms with Gasteiger partial charge < -0.3 is 0 Å². The van der Waals surface area contributed by atoms with Crippen molar-refractivity contribution in [2.45, 2.75) is 0 Å². The summed E-state index contributed by atoms with van der Waals surface area (Å²) in [5, 5.41) is 0.941. The number of aromatic nitrogens is 1. The highest BCUT2D eigenvalue weighted by Gasteiger charge is 2.11. The topological polar surface area (TPSA) is 30.0 Å². The molecule has 0 bridgehead atoms. The summed E-state index contributed by atoms with van der Waals surface area (Å²) in [4.78, 5) is 16.9. The molecule has 3 aromatic rings. The third-order valence-corrected chi connectivity index (χ3v) is 4.84. The molecule has 0 saturated heterocycles. The number of hydrogen-bond donors (Lipinski definition) is 0. The van der Waals surface area contributed by atoms with Gasteiger partial charge >= 0.3 is 0 Å².